The molecule has 0 aromatic heterocycles. The number of nitrogens with one attached hydrogen (secondary N) is 1. The fourth-order valence-corrected chi connectivity index (χ4v) is 2.02. The fraction of sp³-hybridized carbons (Fsp3) is 0.917. The molecule has 1 aliphatic carbocycles. The molecule has 0 unspecified atom stereocenters. The zero-order valence-corrected chi connectivity index (χ0v) is 11.3. The summed E-state index contributed by atoms with van der Waals surface area (Å²) in [6.07, 6.45) is 6.10. The van der Waals surface area contributed by atoms with E-state index in [1.165, 1.54) is 25.7 Å². The van der Waals surface area contributed by atoms with E-state index >= 15 is 0 Å². The van der Waals surface area contributed by atoms with Crippen molar-refractivity contribution < 1.29 is 4.74 Å². The van der Waals surface area contributed by atoms with Gasteiger partial charge in [-0.1, -0.05) is 13.3 Å². The van der Waals surface area contributed by atoms with Gasteiger partial charge in [-0.25, -0.2) is 0 Å². The van der Waals surface area contributed by atoms with E-state index in [-0.39, 0.29) is 0 Å². The van der Waals surface area contributed by atoms with Gasteiger partial charge in [0.15, 0.2) is 5.11 Å². The van der Waals surface area contributed by atoms with E-state index in [1.807, 2.05) is 0 Å². The summed E-state index contributed by atoms with van der Waals surface area (Å²) < 4.78 is 5.01. The standard InChI is InChI=1S/C12H24N2OS/c1-3-4-9-14(11-6-7-11)12(16)13-8-5-10-15-2/h11H,3-10H2,1-2H3,(H,13,16). The first-order valence-electron chi connectivity index (χ1n) is 6.33. The highest BCUT2D eigenvalue weighted by atomic mass is 32.1. The molecule has 0 saturated heterocycles. The fourth-order valence-electron chi connectivity index (χ4n) is 1.68. The van der Waals surface area contributed by atoms with Gasteiger partial charge in [0.2, 0.25) is 0 Å². The van der Waals surface area contributed by atoms with Crippen LogP contribution in [0.3, 0.4) is 0 Å². The molecule has 1 N–H and O–H groups in total. The number of ether oxygens (including phenoxy) is 1. The van der Waals surface area contributed by atoms with Crippen molar-refractivity contribution in [1.82, 2.24) is 10.2 Å². The summed E-state index contributed by atoms with van der Waals surface area (Å²) in [5, 5.41) is 4.26. The van der Waals surface area contributed by atoms with Crippen LogP contribution >= 0.6 is 12.2 Å². The van der Waals surface area contributed by atoms with Gasteiger partial charge in [-0.05, 0) is 37.9 Å². The van der Waals surface area contributed by atoms with Crippen LogP contribution in [-0.4, -0.2) is 42.9 Å². The zero-order valence-electron chi connectivity index (χ0n) is 10.5. The van der Waals surface area contributed by atoms with Gasteiger partial charge in [-0.3, -0.25) is 0 Å². The van der Waals surface area contributed by atoms with Gasteiger partial charge in [0.25, 0.3) is 0 Å². The van der Waals surface area contributed by atoms with Gasteiger partial charge in [0.1, 0.15) is 0 Å². The number of unbranched alkanes of at least 4 members (excludes halogenated alkanes) is 1. The Bertz CT molecular complexity index is 207. The summed E-state index contributed by atoms with van der Waals surface area (Å²) in [5.74, 6) is 0. The second kappa shape index (κ2) is 7.85. The number of rotatable bonds is 8. The molecule has 4 heteroatoms. The van der Waals surface area contributed by atoms with Gasteiger partial charge < -0.3 is 15.0 Å². The smallest absolute Gasteiger partial charge is 0.169 e. The molecule has 0 radical (unpaired) electrons. The number of nitrogens with zero attached hydrogens (tertiary/aromatic N) is 1. The van der Waals surface area contributed by atoms with E-state index in [2.05, 4.69) is 17.1 Å². The molecule has 16 heavy (non-hydrogen) atoms. The number of hydrogen-bond donors (Lipinski definition) is 1. The molecule has 0 atom stereocenters. The molecular weight excluding hydrogens is 220 g/mol. The molecule has 0 amide bonds. The van der Waals surface area contributed by atoms with Crippen LogP contribution in [0.2, 0.25) is 0 Å². The number of hydrogen-bond acceptors (Lipinski definition) is 2. The summed E-state index contributed by atoms with van der Waals surface area (Å²) >= 11 is 5.43. The average Bonchev–Trinajstić information content (AvgIpc) is 3.09. The van der Waals surface area contributed by atoms with Gasteiger partial charge in [0.05, 0.1) is 0 Å². The van der Waals surface area contributed by atoms with Crippen molar-refractivity contribution in [2.45, 2.75) is 45.1 Å². The van der Waals surface area contributed by atoms with Crippen LogP contribution in [0.25, 0.3) is 0 Å². The average molecular weight is 244 g/mol. The van der Waals surface area contributed by atoms with E-state index in [4.69, 9.17) is 17.0 Å². The molecule has 0 bridgehead atoms. The lowest BCUT2D eigenvalue weighted by Gasteiger charge is -2.25. The third kappa shape index (κ3) is 5.12. The van der Waals surface area contributed by atoms with Crippen molar-refractivity contribution in [3.63, 3.8) is 0 Å². The third-order valence-electron chi connectivity index (χ3n) is 2.80. The van der Waals surface area contributed by atoms with Crippen molar-refractivity contribution in [2.24, 2.45) is 0 Å². The molecule has 1 fully saturated rings. The van der Waals surface area contributed by atoms with E-state index in [0.717, 1.165) is 31.2 Å². The van der Waals surface area contributed by atoms with Gasteiger partial charge in [-0.2, -0.15) is 0 Å². The Labute approximate surface area is 105 Å². The summed E-state index contributed by atoms with van der Waals surface area (Å²) in [4.78, 5) is 2.37. The Morgan fingerprint density at radius 2 is 2.19 bits per heavy atom. The molecule has 0 aromatic carbocycles. The lowest BCUT2D eigenvalue weighted by atomic mass is 10.3. The van der Waals surface area contributed by atoms with Crippen LogP contribution < -0.4 is 5.32 Å². The molecule has 3 nitrogen and oxygen atoms in total. The minimum atomic E-state index is 0.717. The Morgan fingerprint density at radius 3 is 2.75 bits per heavy atom. The minimum Gasteiger partial charge on any atom is -0.385 e. The summed E-state index contributed by atoms with van der Waals surface area (Å²) in [6, 6.07) is 0.717. The molecular formula is C12H24N2OS. The van der Waals surface area contributed by atoms with E-state index in [9.17, 15) is 0 Å². The summed E-state index contributed by atoms with van der Waals surface area (Å²) in [5.41, 5.74) is 0. The second-order valence-corrected chi connectivity index (χ2v) is 4.74. The predicted octanol–water partition coefficient (Wildman–Crippen LogP) is 2.16. The quantitative estimate of drug-likeness (QED) is 0.522. The van der Waals surface area contributed by atoms with E-state index in [1.54, 1.807) is 7.11 Å². The van der Waals surface area contributed by atoms with Crippen LogP contribution in [0.5, 0.6) is 0 Å². The highest BCUT2D eigenvalue weighted by molar-refractivity contribution is 7.80. The van der Waals surface area contributed by atoms with Crippen molar-refractivity contribution in [1.29, 1.82) is 0 Å². The highest BCUT2D eigenvalue weighted by Crippen LogP contribution is 2.27. The zero-order chi connectivity index (χ0) is 11.8. The van der Waals surface area contributed by atoms with Crippen LogP contribution in [0.1, 0.15) is 39.0 Å². The Hall–Kier alpha value is -0.350. The van der Waals surface area contributed by atoms with Gasteiger partial charge in [-0.15, -0.1) is 0 Å². The van der Waals surface area contributed by atoms with Gasteiger partial charge >= 0.3 is 0 Å². The summed E-state index contributed by atoms with van der Waals surface area (Å²) in [6.45, 7) is 5.05. The van der Waals surface area contributed by atoms with E-state index in [0.29, 0.717) is 6.04 Å². The molecule has 0 heterocycles. The lowest BCUT2D eigenvalue weighted by molar-refractivity contribution is 0.195. The molecule has 1 saturated carbocycles. The van der Waals surface area contributed by atoms with Crippen molar-refractivity contribution in [2.75, 3.05) is 26.8 Å². The van der Waals surface area contributed by atoms with Crippen molar-refractivity contribution in [3.05, 3.63) is 0 Å². The SMILES string of the molecule is CCCCN(C(=S)NCCCOC)C1CC1. The lowest BCUT2D eigenvalue weighted by Crippen LogP contribution is -2.42. The first-order chi connectivity index (χ1) is 7.79. The van der Waals surface area contributed by atoms with Crippen LogP contribution in [0, 0.1) is 0 Å². The van der Waals surface area contributed by atoms with Crippen LogP contribution in [0.4, 0.5) is 0 Å². The minimum absolute atomic E-state index is 0.717. The van der Waals surface area contributed by atoms with E-state index < -0.39 is 0 Å². The Morgan fingerprint density at radius 1 is 1.44 bits per heavy atom. The van der Waals surface area contributed by atoms with Crippen LogP contribution in [-0.2, 0) is 4.74 Å². The monoisotopic (exact) mass is 244 g/mol. The van der Waals surface area contributed by atoms with Crippen LogP contribution in [0.15, 0.2) is 0 Å². The van der Waals surface area contributed by atoms with Crippen molar-refractivity contribution >= 4 is 17.3 Å². The topological polar surface area (TPSA) is 24.5 Å². The first-order valence-corrected chi connectivity index (χ1v) is 6.73. The summed E-state index contributed by atoms with van der Waals surface area (Å²) in [7, 11) is 1.73. The highest BCUT2D eigenvalue weighted by Gasteiger charge is 2.29. The van der Waals surface area contributed by atoms with Gasteiger partial charge in [0, 0.05) is 32.8 Å². The molecule has 1 rings (SSSR count). The third-order valence-corrected chi connectivity index (χ3v) is 3.18. The first kappa shape index (κ1) is 13.7. The molecule has 94 valence electrons. The molecule has 1 aliphatic rings. The predicted molar refractivity (Wildman–Crippen MR) is 71.7 cm³/mol. The molecule has 0 spiro atoms. The Kier molecular flexibility index (Phi) is 6.73. The largest absolute Gasteiger partial charge is 0.385 e. The normalized spacial score (nSPS) is 14.9. The number of methoxy groups -OCH3 is 1. The Balaban J connectivity index is 2.19. The molecule has 0 aromatic rings. The number of thiocarbonyl (C=S) groups is 1. The maximum absolute atomic E-state index is 5.43. The second-order valence-electron chi connectivity index (χ2n) is 4.36. The van der Waals surface area contributed by atoms with Crippen molar-refractivity contribution in [3.8, 4) is 0 Å². The maximum atomic E-state index is 5.43. The maximum Gasteiger partial charge on any atom is 0.169 e. The molecule has 0 aliphatic heterocycles.